The van der Waals surface area contributed by atoms with Crippen LogP contribution in [0.15, 0.2) is 12.1 Å². The summed E-state index contributed by atoms with van der Waals surface area (Å²) in [6, 6.07) is 3.86. The van der Waals surface area contributed by atoms with Crippen molar-refractivity contribution in [1.29, 1.82) is 0 Å². The van der Waals surface area contributed by atoms with Gasteiger partial charge in [0.25, 0.3) is 0 Å². The van der Waals surface area contributed by atoms with Gasteiger partial charge in [0.05, 0.1) is 20.3 Å². The van der Waals surface area contributed by atoms with E-state index in [1.807, 2.05) is 32.9 Å². The Morgan fingerprint density at radius 3 is 1.80 bits per heavy atom. The summed E-state index contributed by atoms with van der Waals surface area (Å²) in [7, 11) is 3.25. The highest BCUT2D eigenvalue weighted by Gasteiger charge is 2.13. The summed E-state index contributed by atoms with van der Waals surface area (Å²) in [4.78, 5) is 0. The van der Waals surface area contributed by atoms with Gasteiger partial charge in [0.15, 0.2) is 11.5 Å². The van der Waals surface area contributed by atoms with E-state index < -0.39 is 0 Å². The van der Waals surface area contributed by atoms with Crippen molar-refractivity contribution in [3.05, 3.63) is 17.7 Å². The smallest absolute Gasteiger partial charge is 0.203 e. The van der Waals surface area contributed by atoms with Crippen LogP contribution in [0.2, 0.25) is 0 Å². The molecule has 0 heterocycles. The third-order valence-corrected chi connectivity index (χ3v) is 1.96. The van der Waals surface area contributed by atoms with Crippen LogP contribution in [0.25, 0.3) is 0 Å². The summed E-state index contributed by atoms with van der Waals surface area (Å²) in [5.74, 6) is 2.08. The predicted octanol–water partition coefficient (Wildman–Crippen LogP) is 2.80. The summed E-state index contributed by atoms with van der Waals surface area (Å²) in [5.41, 5.74) is 1.08. The molecule has 1 aromatic carbocycles. The van der Waals surface area contributed by atoms with Crippen LogP contribution in [-0.4, -0.2) is 20.3 Å². The first-order valence-electron chi connectivity index (χ1n) is 4.97. The molecule has 0 saturated carbocycles. The topological polar surface area (TPSA) is 27.7 Å². The van der Waals surface area contributed by atoms with Crippen LogP contribution < -0.4 is 14.2 Å². The van der Waals surface area contributed by atoms with E-state index in [1.165, 1.54) is 0 Å². The normalized spacial score (nSPS) is 10.3. The summed E-state index contributed by atoms with van der Waals surface area (Å²) in [6.45, 7) is 5.93. The zero-order valence-electron chi connectivity index (χ0n) is 9.96. The van der Waals surface area contributed by atoms with Crippen LogP contribution in [0, 0.1) is 6.92 Å². The van der Waals surface area contributed by atoms with Crippen molar-refractivity contribution < 1.29 is 14.2 Å². The second-order valence-electron chi connectivity index (χ2n) is 3.67. The molecule has 0 radical (unpaired) electrons. The van der Waals surface area contributed by atoms with Crippen molar-refractivity contribution in [2.75, 3.05) is 14.2 Å². The number of ether oxygens (including phenoxy) is 3. The fourth-order valence-electron chi connectivity index (χ4n) is 1.36. The van der Waals surface area contributed by atoms with Crippen LogP contribution >= 0.6 is 0 Å². The number of hydrogen-bond acceptors (Lipinski definition) is 3. The zero-order chi connectivity index (χ0) is 11.4. The number of methoxy groups -OCH3 is 2. The molecule has 15 heavy (non-hydrogen) atoms. The maximum absolute atomic E-state index is 5.66. The highest BCUT2D eigenvalue weighted by molar-refractivity contribution is 5.53. The molecule has 0 aromatic heterocycles. The number of hydrogen-bond donors (Lipinski definition) is 0. The van der Waals surface area contributed by atoms with Gasteiger partial charge in [-0.15, -0.1) is 0 Å². The molecule has 0 atom stereocenters. The fraction of sp³-hybridized carbons (Fsp3) is 0.500. The van der Waals surface area contributed by atoms with Crippen LogP contribution in [0.5, 0.6) is 17.2 Å². The Kier molecular flexibility index (Phi) is 3.83. The Morgan fingerprint density at radius 2 is 1.47 bits per heavy atom. The van der Waals surface area contributed by atoms with Crippen molar-refractivity contribution in [2.45, 2.75) is 26.9 Å². The lowest BCUT2D eigenvalue weighted by Gasteiger charge is -2.17. The second kappa shape index (κ2) is 4.91. The Hall–Kier alpha value is -1.38. The number of benzene rings is 1. The summed E-state index contributed by atoms with van der Waals surface area (Å²) < 4.78 is 16.2. The molecular formula is C12H18O3. The maximum atomic E-state index is 5.66. The van der Waals surface area contributed by atoms with Gasteiger partial charge < -0.3 is 14.2 Å². The quantitative estimate of drug-likeness (QED) is 0.764. The van der Waals surface area contributed by atoms with Gasteiger partial charge in [-0.05, 0) is 38.5 Å². The predicted molar refractivity (Wildman–Crippen MR) is 60.0 cm³/mol. The monoisotopic (exact) mass is 210 g/mol. The summed E-state index contributed by atoms with van der Waals surface area (Å²) >= 11 is 0. The fourth-order valence-corrected chi connectivity index (χ4v) is 1.36. The molecule has 0 bridgehead atoms. The first-order valence-corrected chi connectivity index (χ1v) is 4.97. The summed E-state index contributed by atoms with van der Waals surface area (Å²) in [5, 5.41) is 0. The van der Waals surface area contributed by atoms with Crippen molar-refractivity contribution in [2.24, 2.45) is 0 Å². The first-order chi connectivity index (χ1) is 7.08. The minimum absolute atomic E-state index is 0.0931. The number of aryl methyl sites for hydroxylation is 1. The van der Waals surface area contributed by atoms with Gasteiger partial charge in [-0.1, -0.05) is 0 Å². The van der Waals surface area contributed by atoms with Gasteiger partial charge >= 0.3 is 0 Å². The van der Waals surface area contributed by atoms with Crippen molar-refractivity contribution in [3.63, 3.8) is 0 Å². The lowest BCUT2D eigenvalue weighted by molar-refractivity contribution is 0.218. The third-order valence-electron chi connectivity index (χ3n) is 1.96. The first kappa shape index (κ1) is 11.7. The molecule has 0 N–H and O–H groups in total. The van der Waals surface area contributed by atoms with E-state index in [4.69, 9.17) is 14.2 Å². The molecule has 1 rings (SSSR count). The third kappa shape index (κ3) is 2.78. The Bertz CT molecular complexity index is 307. The highest BCUT2D eigenvalue weighted by atomic mass is 16.5. The molecule has 0 saturated heterocycles. The van der Waals surface area contributed by atoms with Gasteiger partial charge in [-0.25, -0.2) is 0 Å². The molecule has 0 aliphatic heterocycles. The molecule has 0 aliphatic carbocycles. The molecular weight excluding hydrogens is 192 g/mol. The van der Waals surface area contributed by atoms with Crippen molar-refractivity contribution >= 4 is 0 Å². The Balaban J connectivity index is 3.18. The lowest BCUT2D eigenvalue weighted by atomic mass is 10.2. The van der Waals surface area contributed by atoms with Crippen LogP contribution in [0.3, 0.4) is 0 Å². The number of rotatable bonds is 4. The van der Waals surface area contributed by atoms with Crippen LogP contribution in [0.4, 0.5) is 0 Å². The zero-order valence-corrected chi connectivity index (χ0v) is 9.96. The molecule has 84 valence electrons. The molecule has 0 fully saturated rings. The van der Waals surface area contributed by atoms with E-state index in [0.29, 0.717) is 17.2 Å². The molecule has 0 spiro atoms. The van der Waals surface area contributed by atoms with Gasteiger partial charge in [0.1, 0.15) is 0 Å². The Labute approximate surface area is 91.0 Å². The average molecular weight is 210 g/mol. The van der Waals surface area contributed by atoms with Crippen molar-refractivity contribution in [1.82, 2.24) is 0 Å². The second-order valence-corrected chi connectivity index (χ2v) is 3.67. The molecule has 0 unspecified atom stereocenters. The maximum Gasteiger partial charge on any atom is 0.203 e. The van der Waals surface area contributed by atoms with Gasteiger partial charge in [0, 0.05) is 0 Å². The van der Waals surface area contributed by atoms with Crippen molar-refractivity contribution in [3.8, 4) is 17.2 Å². The van der Waals surface area contributed by atoms with E-state index >= 15 is 0 Å². The van der Waals surface area contributed by atoms with E-state index in [9.17, 15) is 0 Å². The molecule has 0 aliphatic rings. The van der Waals surface area contributed by atoms with E-state index in [0.717, 1.165) is 5.56 Å². The Morgan fingerprint density at radius 1 is 1.00 bits per heavy atom. The minimum Gasteiger partial charge on any atom is -0.493 e. The lowest BCUT2D eigenvalue weighted by Crippen LogP contribution is -2.08. The van der Waals surface area contributed by atoms with Gasteiger partial charge in [0.2, 0.25) is 5.75 Å². The SMILES string of the molecule is COc1cc(C)cc(OC)c1OC(C)C. The molecule has 3 nitrogen and oxygen atoms in total. The average Bonchev–Trinajstić information content (AvgIpc) is 2.19. The summed E-state index contributed by atoms with van der Waals surface area (Å²) in [6.07, 6.45) is 0.0931. The van der Waals surface area contributed by atoms with Crippen LogP contribution in [-0.2, 0) is 0 Å². The molecule has 3 heteroatoms. The largest absolute Gasteiger partial charge is 0.493 e. The molecule has 1 aromatic rings. The van der Waals surface area contributed by atoms with Gasteiger partial charge in [-0.2, -0.15) is 0 Å². The van der Waals surface area contributed by atoms with E-state index in [2.05, 4.69) is 0 Å². The minimum atomic E-state index is 0.0931. The highest BCUT2D eigenvalue weighted by Crippen LogP contribution is 2.38. The standard InChI is InChI=1S/C12H18O3/c1-8(2)15-12-10(13-4)6-9(3)7-11(12)14-5/h6-8H,1-5H3. The van der Waals surface area contributed by atoms with Gasteiger partial charge in [-0.3, -0.25) is 0 Å². The van der Waals surface area contributed by atoms with E-state index in [1.54, 1.807) is 14.2 Å². The molecule has 0 amide bonds. The van der Waals surface area contributed by atoms with E-state index in [-0.39, 0.29) is 6.10 Å². The van der Waals surface area contributed by atoms with Crippen LogP contribution in [0.1, 0.15) is 19.4 Å².